The number of aromatic nitrogens is 2. The molecule has 0 unspecified atom stereocenters. The Hall–Kier alpha value is -8.60. The molecule has 3 aromatic heterocycles. The lowest BCUT2D eigenvalue weighted by Crippen LogP contribution is -2.10. The lowest BCUT2D eigenvalue weighted by molar-refractivity contribution is 0.669. The molecule has 14 aromatic rings. The first-order valence-corrected chi connectivity index (χ1v) is 21.9. The Morgan fingerprint density at radius 2 is 0.750 bits per heavy atom. The smallest absolute Gasteiger partial charge is 0.159 e. The Bertz CT molecular complexity index is 4170. The molecule has 0 spiro atoms. The molecule has 4 heteroatoms. The lowest BCUT2D eigenvalue weighted by Gasteiger charge is -2.26. The predicted molar refractivity (Wildman–Crippen MR) is 270 cm³/mol. The molecule has 0 atom stereocenters. The number of furan rings is 1. The molecule has 0 aliphatic rings. The van der Waals surface area contributed by atoms with Gasteiger partial charge in [0.1, 0.15) is 5.58 Å². The SMILES string of the molecule is c1ccc(-n2c3ccccc3c3ccc(-n4c5ccccc5c5ccc(N(c6ccc7c8ccccc8c8ccccc8c7c6)c6cccc7c6oc6ccccc67)cc54)cc32)cc1. The number of benzene rings is 11. The molecule has 64 heavy (non-hydrogen) atoms. The number of nitrogens with zero attached hydrogens (tertiary/aromatic N) is 3. The van der Waals surface area contributed by atoms with Crippen molar-refractivity contribution < 1.29 is 4.42 Å². The first-order valence-electron chi connectivity index (χ1n) is 21.9. The van der Waals surface area contributed by atoms with Crippen LogP contribution in [0.15, 0.2) is 229 Å². The molecule has 0 bridgehead atoms. The Kier molecular flexibility index (Phi) is 7.36. The summed E-state index contributed by atoms with van der Waals surface area (Å²) in [5, 5.41) is 14.5. The maximum Gasteiger partial charge on any atom is 0.159 e. The first-order chi connectivity index (χ1) is 31.8. The van der Waals surface area contributed by atoms with Gasteiger partial charge in [-0.25, -0.2) is 0 Å². The van der Waals surface area contributed by atoms with Crippen molar-refractivity contribution in [2.75, 3.05) is 4.90 Å². The summed E-state index contributed by atoms with van der Waals surface area (Å²) in [4.78, 5) is 2.39. The molecular formula is C60H37N3O. The van der Waals surface area contributed by atoms with Gasteiger partial charge in [0.2, 0.25) is 0 Å². The molecule has 11 aromatic carbocycles. The molecule has 3 heterocycles. The number of para-hydroxylation sites is 5. The summed E-state index contributed by atoms with van der Waals surface area (Å²) in [6, 6.07) is 81.6. The lowest BCUT2D eigenvalue weighted by atomic mass is 9.94. The van der Waals surface area contributed by atoms with Gasteiger partial charge >= 0.3 is 0 Å². The van der Waals surface area contributed by atoms with Gasteiger partial charge in [0, 0.05) is 55.1 Å². The summed E-state index contributed by atoms with van der Waals surface area (Å²) >= 11 is 0. The van der Waals surface area contributed by atoms with Crippen molar-refractivity contribution in [2.45, 2.75) is 0 Å². The van der Waals surface area contributed by atoms with Gasteiger partial charge in [-0.3, -0.25) is 0 Å². The number of hydrogen-bond donors (Lipinski definition) is 0. The number of fused-ring (bicyclic) bond motifs is 15. The molecule has 0 aliphatic carbocycles. The van der Waals surface area contributed by atoms with Crippen LogP contribution < -0.4 is 4.90 Å². The summed E-state index contributed by atoms with van der Waals surface area (Å²) in [7, 11) is 0. The zero-order valence-electron chi connectivity index (χ0n) is 34.6. The van der Waals surface area contributed by atoms with E-state index < -0.39 is 0 Å². The highest BCUT2D eigenvalue weighted by Crippen LogP contribution is 2.46. The van der Waals surface area contributed by atoms with E-state index in [1.807, 2.05) is 6.07 Å². The second-order valence-electron chi connectivity index (χ2n) is 16.9. The van der Waals surface area contributed by atoms with Crippen LogP contribution in [0.2, 0.25) is 0 Å². The van der Waals surface area contributed by atoms with E-state index in [0.717, 1.165) is 61.4 Å². The zero-order chi connectivity index (χ0) is 41.9. The minimum absolute atomic E-state index is 0.854. The van der Waals surface area contributed by atoms with E-state index in [1.54, 1.807) is 0 Å². The third-order valence-electron chi connectivity index (χ3n) is 13.5. The molecule has 0 N–H and O–H groups in total. The Morgan fingerprint density at radius 3 is 1.44 bits per heavy atom. The molecule has 0 saturated carbocycles. The van der Waals surface area contributed by atoms with E-state index in [4.69, 9.17) is 4.42 Å². The highest BCUT2D eigenvalue weighted by Gasteiger charge is 2.23. The number of anilines is 3. The maximum atomic E-state index is 6.82. The minimum Gasteiger partial charge on any atom is -0.454 e. The van der Waals surface area contributed by atoms with Gasteiger partial charge in [0.25, 0.3) is 0 Å². The predicted octanol–water partition coefficient (Wildman–Crippen LogP) is 16.7. The highest BCUT2D eigenvalue weighted by molar-refractivity contribution is 6.26. The van der Waals surface area contributed by atoms with Gasteiger partial charge in [-0.1, -0.05) is 152 Å². The highest BCUT2D eigenvalue weighted by atomic mass is 16.3. The molecule has 0 fully saturated rings. The molecule has 0 saturated heterocycles. The third kappa shape index (κ3) is 4.99. The van der Waals surface area contributed by atoms with E-state index in [2.05, 4.69) is 232 Å². The molecule has 14 rings (SSSR count). The van der Waals surface area contributed by atoms with E-state index >= 15 is 0 Å². The average Bonchev–Trinajstić information content (AvgIpc) is 4.02. The molecule has 298 valence electrons. The van der Waals surface area contributed by atoms with Crippen LogP contribution in [0.25, 0.3) is 109 Å². The molecular weight excluding hydrogens is 779 g/mol. The molecule has 0 amide bonds. The van der Waals surface area contributed by atoms with Crippen molar-refractivity contribution in [1.82, 2.24) is 9.13 Å². The second-order valence-corrected chi connectivity index (χ2v) is 16.9. The van der Waals surface area contributed by atoms with Crippen molar-refractivity contribution in [1.29, 1.82) is 0 Å². The monoisotopic (exact) mass is 815 g/mol. The standard InChI is InChI=1S/C60H37N3O/c1-2-15-38(16-3-1)62-54-25-11-8-21-47(54)49-34-31-41(37-57(49)62)63-55-26-12-9-22-48(55)50-33-30-40(36-58(50)63)61(56-27-14-24-52-51-23-10-13-28-59(51)64-60(52)56)39-29-32-46-44-19-5-4-17-42(44)43-18-6-7-20-45(43)53(46)35-39/h1-37H. The maximum absolute atomic E-state index is 6.82. The van der Waals surface area contributed by atoms with E-state index in [-0.39, 0.29) is 0 Å². The van der Waals surface area contributed by atoms with Gasteiger partial charge in [0.05, 0.1) is 27.8 Å². The summed E-state index contributed by atoms with van der Waals surface area (Å²) < 4.78 is 11.7. The molecule has 0 aliphatic heterocycles. The van der Waals surface area contributed by atoms with Crippen molar-refractivity contribution in [3.05, 3.63) is 224 Å². The Labute approximate surface area is 367 Å². The fraction of sp³-hybridized carbons (Fsp3) is 0. The fourth-order valence-corrected chi connectivity index (χ4v) is 10.7. The van der Waals surface area contributed by atoms with Gasteiger partial charge in [-0.05, 0) is 105 Å². The van der Waals surface area contributed by atoms with Crippen LogP contribution in [0, 0.1) is 0 Å². The summed E-state index contributed by atoms with van der Waals surface area (Å²) in [6.45, 7) is 0. The van der Waals surface area contributed by atoms with Crippen LogP contribution in [-0.4, -0.2) is 9.13 Å². The van der Waals surface area contributed by atoms with Crippen LogP contribution in [0.4, 0.5) is 17.1 Å². The summed E-state index contributed by atoms with van der Waals surface area (Å²) in [6.07, 6.45) is 0. The van der Waals surface area contributed by atoms with Gasteiger partial charge in [-0.2, -0.15) is 0 Å². The quantitative estimate of drug-likeness (QED) is 0.162. The van der Waals surface area contributed by atoms with Crippen LogP contribution in [0.1, 0.15) is 0 Å². The van der Waals surface area contributed by atoms with Gasteiger partial charge in [0.15, 0.2) is 5.58 Å². The first kappa shape index (κ1) is 35.0. The summed E-state index contributed by atoms with van der Waals surface area (Å²) in [5.74, 6) is 0. The minimum atomic E-state index is 0.854. The van der Waals surface area contributed by atoms with Crippen molar-refractivity contribution in [2.24, 2.45) is 0 Å². The van der Waals surface area contributed by atoms with Gasteiger partial charge < -0.3 is 18.5 Å². The second kappa shape index (κ2) is 13.4. The van der Waals surface area contributed by atoms with E-state index in [9.17, 15) is 0 Å². The molecule has 4 nitrogen and oxygen atoms in total. The zero-order valence-corrected chi connectivity index (χ0v) is 34.6. The van der Waals surface area contributed by atoms with Crippen molar-refractivity contribution >= 4 is 115 Å². The number of hydrogen-bond acceptors (Lipinski definition) is 2. The third-order valence-corrected chi connectivity index (χ3v) is 13.5. The Balaban J connectivity index is 1.06. The van der Waals surface area contributed by atoms with E-state index in [0.29, 0.717) is 0 Å². The molecule has 0 radical (unpaired) electrons. The van der Waals surface area contributed by atoms with Crippen LogP contribution in [0.5, 0.6) is 0 Å². The Morgan fingerprint density at radius 1 is 0.281 bits per heavy atom. The van der Waals surface area contributed by atoms with Crippen LogP contribution >= 0.6 is 0 Å². The van der Waals surface area contributed by atoms with E-state index in [1.165, 1.54) is 64.9 Å². The van der Waals surface area contributed by atoms with Crippen LogP contribution in [-0.2, 0) is 0 Å². The van der Waals surface area contributed by atoms with Crippen molar-refractivity contribution in [3.63, 3.8) is 0 Å². The van der Waals surface area contributed by atoms with Gasteiger partial charge in [-0.15, -0.1) is 0 Å². The topological polar surface area (TPSA) is 26.2 Å². The number of rotatable bonds is 5. The van der Waals surface area contributed by atoms with Crippen molar-refractivity contribution in [3.8, 4) is 11.4 Å². The largest absolute Gasteiger partial charge is 0.454 e. The summed E-state index contributed by atoms with van der Waals surface area (Å²) in [5.41, 5.74) is 11.7. The average molecular weight is 816 g/mol. The van der Waals surface area contributed by atoms with Crippen LogP contribution in [0.3, 0.4) is 0 Å². The normalized spacial score (nSPS) is 12.1. The fourth-order valence-electron chi connectivity index (χ4n) is 10.7.